The predicted octanol–water partition coefficient (Wildman–Crippen LogP) is 2.94. The molecule has 1 N–H and O–H groups in total. The van der Waals surface area contributed by atoms with Gasteiger partial charge < -0.3 is 10.2 Å². The molecule has 0 bridgehead atoms. The maximum atomic E-state index is 12.3. The van der Waals surface area contributed by atoms with Gasteiger partial charge in [0.2, 0.25) is 11.9 Å². The minimum Gasteiger partial charge on any atom is -0.339 e. The first-order valence-electron chi connectivity index (χ1n) is 9.62. The van der Waals surface area contributed by atoms with Crippen molar-refractivity contribution >= 4 is 17.5 Å². The van der Waals surface area contributed by atoms with Gasteiger partial charge in [-0.3, -0.25) is 14.3 Å². The summed E-state index contributed by atoms with van der Waals surface area (Å²) in [6.45, 7) is 5.87. The largest absolute Gasteiger partial charge is 0.339 e. The molecule has 1 amide bonds. The zero-order valence-electron chi connectivity index (χ0n) is 16.1. The van der Waals surface area contributed by atoms with Crippen LogP contribution in [0.2, 0.25) is 0 Å². The van der Waals surface area contributed by atoms with Crippen LogP contribution >= 0.6 is 0 Å². The van der Waals surface area contributed by atoms with Crippen LogP contribution < -0.4 is 10.2 Å². The summed E-state index contributed by atoms with van der Waals surface area (Å²) in [4.78, 5) is 21.3. The van der Waals surface area contributed by atoms with Crippen molar-refractivity contribution in [3.63, 3.8) is 0 Å². The van der Waals surface area contributed by atoms with Gasteiger partial charge in [0.15, 0.2) is 0 Å². The van der Waals surface area contributed by atoms with Gasteiger partial charge in [0, 0.05) is 49.9 Å². The third kappa shape index (κ3) is 4.23. The number of rotatable bonds is 5. The molecule has 28 heavy (non-hydrogen) atoms. The molecule has 0 aliphatic carbocycles. The summed E-state index contributed by atoms with van der Waals surface area (Å²) in [6.07, 6.45) is 3.84. The van der Waals surface area contributed by atoms with Gasteiger partial charge in [-0.15, -0.1) is 0 Å². The number of hydrogen-bond acceptors (Lipinski definition) is 4. The fourth-order valence-corrected chi connectivity index (χ4v) is 3.47. The Morgan fingerprint density at radius 3 is 2.43 bits per heavy atom. The maximum absolute atomic E-state index is 12.3. The zero-order valence-corrected chi connectivity index (χ0v) is 16.1. The molecule has 1 aliphatic heterocycles. The molecule has 0 radical (unpaired) electrons. The first-order valence-corrected chi connectivity index (χ1v) is 9.62. The van der Waals surface area contributed by atoms with Crippen LogP contribution in [-0.4, -0.2) is 53.1 Å². The van der Waals surface area contributed by atoms with E-state index < -0.39 is 0 Å². The average Bonchev–Trinajstić information content (AvgIpc) is 3.20. The SMILES string of the molecule is Cc1ccc(-n2ccnc2N2CCN(CC(=O)Nc3ccccc3)CC2)cc1. The minimum absolute atomic E-state index is 0.0285. The van der Waals surface area contributed by atoms with Gasteiger partial charge in [-0.05, 0) is 31.2 Å². The third-order valence-electron chi connectivity index (χ3n) is 5.01. The Balaban J connectivity index is 1.34. The molecule has 144 valence electrons. The highest BCUT2D eigenvalue weighted by molar-refractivity contribution is 5.92. The Bertz CT molecular complexity index is 912. The number of piperazine rings is 1. The third-order valence-corrected chi connectivity index (χ3v) is 5.01. The second kappa shape index (κ2) is 8.27. The number of carbonyl (C=O) groups is 1. The first kappa shape index (κ1) is 18.3. The normalized spacial score (nSPS) is 14.8. The number of carbonyl (C=O) groups excluding carboxylic acids is 1. The number of nitrogens with zero attached hydrogens (tertiary/aromatic N) is 4. The Kier molecular flexibility index (Phi) is 5.39. The summed E-state index contributed by atoms with van der Waals surface area (Å²) in [5.74, 6) is 0.984. The molecule has 1 aliphatic rings. The summed E-state index contributed by atoms with van der Waals surface area (Å²) < 4.78 is 2.12. The van der Waals surface area contributed by atoms with E-state index in [-0.39, 0.29) is 5.91 Å². The van der Waals surface area contributed by atoms with Gasteiger partial charge in [-0.25, -0.2) is 4.98 Å². The van der Waals surface area contributed by atoms with E-state index in [0.29, 0.717) is 6.54 Å². The Hall–Kier alpha value is -3.12. The van der Waals surface area contributed by atoms with Crippen molar-refractivity contribution in [3.8, 4) is 5.69 Å². The minimum atomic E-state index is 0.0285. The van der Waals surface area contributed by atoms with Crippen molar-refractivity contribution in [2.45, 2.75) is 6.92 Å². The van der Waals surface area contributed by atoms with Crippen molar-refractivity contribution in [3.05, 3.63) is 72.6 Å². The number of benzene rings is 2. The molecular formula is C22H25N5O. The fraction of sp³-hybridized carbons (Fsp3) is 0.273. The number of nitrogens with one attached hydrogen (secondary N) is 1. The van der Waals surface area contributed by atoms with Crippen molar-refractivity contribution in [1.29, 1.82) is 0 Å². The van der Waals surface area contributed by atoms with Crippen molar-refractivity contribution in [1.82, 2.24) is 14.5 Å². The summed E-state index contributed by atoms with van der Waals surface area (Å²) >= 11 is 0. The lowest BCUT2D eigenvalue weighted by Gasteiger charge is -2.35. The molecule has 0 saturated carbocycles. The molecule has 6 nitrogen and oxygen atoms in total. The average molecular weight is 375 g/mol. The van der Waals surface area contributed by atoms with Crippen molar-refractivity contribution < 1.29 is 4.79 Å². The molecule has 3 aromatic rings. The van der Waals surface area contributed by atoms with E-state index in [1.165, 1.54) is 5.56 Å². The molecule has 0 spiro atoms. The Morgan fingerprint density at radius 1 is 1.00 bits per heavy atom. The van der Waals surface area contributed by atoms with Crippen LogP contribution in [0.5, 0.6) is 0 Å². The van der Waals surface area contributed by atoms with Gasteiger partial charge in [-0.2, -0.15) is 0 Å². The van der Waals surface area contributed by atoms with Crippen LogP contribution in [0.4, 0.5) is 11.6 Å². The first-order chi connectivity index (χ1) is 13.7. The number of aromatic nitrogens is 2. The molecule has 1 fully saturated rings. The van der Waals surface area contributed by atoms with E-state index in [2.05, 4.69) is 55.9 Å². The smallest absolute Gasteiger partial charge is 0.238 e. The number of amides is 1. The molecule has 2 heterocycles. The van der Waals surface area contributed by atoms with Crippen LogP contribution in [-0.2, 0) is 4.79 Å². The zero-order chi connectivity index (χ0) is 19.3. The highest BCUT2D eigenvalue weighted by Gasteiger charge is 2.22. The van der Waals surface area contributed by atoms with Gasteiger partial charge in [-0.1, -0.05) is 35.9 Å². The monoisotopic (exact) mass is 375 g/mol. The highest BCUT2D eigenvalue weighted by Crippen LogP contribution is 2.20. The molecule has 0 unspecified atom stereocenters. The highest BCUT2D eigenvalue weighted by atomic mass is 16.2. The quantitative estimate of drug-likeness (QED) is 0.745. The molecule has 1 saturated heterocycles. The van der Waals surface area contributed by atoms with E-state index >= 15 is 0 Å². The second-order valence-corrected chi connectivity index (χ2v) is 7.11. The van der Waals surface area contributed by atoms with Crippen LogP contribution in [0.1, 0.15) is 5.56 Å². The van der Waals surface area contributed by atoms with Crippen molar-refractivity contribution in [2.24, 2.45) is 0 Å². The molecule has 6 heteroatoms. The summed E-state index contributed by atoms with van der Waals surface area (Å²) in [7, 11) is 0. The molecule has 2 aromatic carbocycles. The van der Waals surface area contributed by atoms with Gasteiger partial charge in [0.05, 0.1) is 6.54 Å². The maximum Gasteiger partial charge on any atom is 0.238 e. The predicted molar refractivity (Wildman–Crippen MR) is 112 cm³/mol. The lowest BCUT2D eigenvalue weighted by Crippen LogP contribution is -2.49. The van der Waals surface area contributed by atoms with Gasteiger partial charge in [0.25, 0.3) is 0 Å². The van der Waals surface area contributed by atoms with Crippen molar-refractivity contribution in [2.75, 3.05) is 42.9 Å². The number of aryl methyl sites for hydroxylation is 1. The molecule has 0 atom stereocenters. The Morgan fingerprint density at radius 2 is 1.71 bits per heavy atom. The fourth-order valence-electron chi connectivity index (χ4n) is 3.47. The molecular weight excluding hydrogens is 350 g/mol. The molecule has 1 aromatic heterocycles. The van der Waals surface area contributed by atoms with E-state index in [0.717, 1.165) is 43.5 Å². The molecule has 4 rings (SSSR count). The van der Waals surface area contributed by atoms with E-state index in [4.69, 9.17) is 0 Å². The van der Waals surface area contributed by atoms with Crippen LogP contribution in [0.15, 0.2) is 67.0 Å². The standard InChI is InChI=1S/C22H25N5O/c1-18-7-9-20(10-8-18)27-12-11-23-22(27)26-15-13-25(14-16-26)17-21(28)24-19-5-3-2-4-6-19/h2-12H,13-17H2,1H3,(H,24,28). The lowest BCUT2D eigenvalue weighted by molar-refractivity contribution is -0.117. The van der Waals surface area contributed by atoms with Gasteiger partial charge >= 0.3 is 0 Å². The van der Waals surface area contributed by atoms with E-state index in [1.54, 1.807) is 0 Å². The number of para-hydroxylation sites is 1. The summed E-state index contributed by atoms with van der Waals surface area (Å²) in [6, 6.07) is 18.0. The Labute approximate surface area is 165 Å². The number of anilines is 2. The number of imidazole rings is 1. The van der Waals surface area contributed by atoms with E-state index in [1.807, 2.05) is 42.7 Å². The second-order valence-electron chi connectivity index (χ2n) is 7.11. The van der Waals surface area contributed by atoms with E-state index in [9.17, 15) is 4.79 Å². The van der Waals surface area contributed by atoms with Crippen LogP contribution in [0, 0.1) is 6.92 Å². The summed E-state index contributed by atoms with van der Waals surface area (Å²) in [5, 5.41) is 2.95. The van der Waals surface area contributed by atoms with Crippen LogP contribution in [0.3, 0.4) is 0 Å². The van der Waals surface area contributed by atoms with Crippen LogP contribution in [0.25, 0.3) is 5.69 Å². The lowest BCUT2D eigenvalue weighted by atomic mass is 10.2. The summed E-state index contributed by atoms with van der Waals surface area (Å²) in [5.41, 5.74) is 3.20. The topological polar surface area (TPSA) is 53.4 Å². The number of hydrogen-bond donors (Lipinski definition) is 1. The van der Waals surface area contributed by atoms with Gasteiger partial charge in [0.1, 0.15) is 0 Å².